The van der Waals surface area contributed by atoms with Crippen LogP contribution in [0.5, 0.6) is 0 Å². The number of rotatable bonds is 5. The summed E-state index contributed by atoms with van der Waals surface area (Å²) in [5, 5.41) is 2.64. The van der Waals surface area contributed by atoms with Crippen molar-refractivity contribution in [2.75, 3.05) is 20.6 Å². The maximum absolute atomic E-state index is 12.7. The summed E-state index contributed by atoms with van der Waals surface area (Å²) in [6, 6.07) is 0. The van der Waals surface area contributed by atoms with Crippen molar-refractivity contribution in [1.29, 1.82) is 0 Å². The van der Waals surface area contributed by atoms with Crippen LogP contribution in [0.25, 0.3) is 0 Å². The van der Waals surface area contributed by atoms with Crippen molar-refractivity contribution in [3.63, 3.8) is 0 Å². The van der Waals surface area contributed by atoms with Gasteiger partial charge in [-0.05, 0) is 37.0 Å². The van der Waals surface area contributed by atoms with Gasteiger partial charge in [-0.25, -0.2) is 4.98 Å². The van der Waals surface area contributed by atoms with Crippen LogP contribution in [0.4, 0.5) is 0 Å². The molecule has 0 aliphatic carbocycles. The number of carbonyl (C=O) groups excluding carboxylic acids is 1. The van der Waals surface area contributed by atoms with E-state index in [2.05, 4.69) is 14.7 Å². The number of aromatic nitrogens is 2. The molecule has 146 valence electrons. The highest BCUT2D eigenvalue weighted by Crippen LogP contribution is 2.25. The van der Waals surface area contributed by atoms with E-state index in [4.69, 9.17) is 0 Å². The Morgan fingerprint density at radius 3 is 2.74 bits per heavy atom. The van der Waals surface area contributed by atoms with Gasteiger partial charge in [-0.2, -0.15) is 17.4 Å². The second-order valence-corrected chi connectivity index (χ2v) is 9.69. The topological polar surface area (TPSA) is 95.5 Å². The Kier molecular flexibility index (Phi) is 5.61. The summed E-state index contributed by atoms with van der Waals surface area (Å²) in [5.41, 5.74) is 4.17. The molecular formula is C17H23N5O3S2. The number of hydrogen-bond acceptors (Lipinski definition) is 6. The molecule has 0 saturated heterocycles. The minimum Gasteiger partial charge on any atom is -0.333 e. The summed E-state index contributed by atoms with van der Waals surface area (Å²) in [6.07, 6.45) is 2.44. The molecule has 0 spiro atoms. The van der Waals surface area contributed by atoms with E-state index in [-0.39, 0.29) is 12.5 Å². The fourth-order valence-corrected chi connectivity index (χ4v) is 4.22. The van der Waals surface area contributed by atoms with Gasteiger partial charge in [0.05, 0.1) is 5.01 Å². The van der Waals surface area contributed by atoms with E-state index in [9.17, 15) is 13.2 Å². The first-order chi connectivity index (χ1) is 12.7. The Balaban J connectivity index is 1.81. The number of hydrogen-bond donors (Lipinski definition) is 1. The molecule has 3 heterocycles. The standard InChI is InChI=1S/C17H23N5O3S2/c1-11-15(8-19-27(24,25)21(3)4)14-5-6-22(9-13(14)7-18-11)17(23)16-10-26-12(2)20-16/h7,10,19H,5-6,8-9H2,1-4H3. The van der Waals surface area contributed by atoms with Crippen LogP contribution in [0.2, 0.25) is 0 Å². The number of nitrogens with one attached hydrogen (secondary N) is 1. The second kappa shape index (κ2) is 7.63. The van der Waals surface area contributed by atoms with Crippen LogP contribution in [-0.2, 0) is 29.7 Å². The second-order valence-electron chi connectivity index (χ2n) is 6.66. The molecule has 10 heteroatoms. The lowest BCUT2D eigenvalue weighted by molar-refractivity contribution is 0.0729. The Morgan fingerprint density at radius 1 is 1.37 bits per heavy atom. The Morgan fingerprint density at radius 2 is 2.11 bits per heavy atom. The molecule has 0 saturated carbocycles. The number of thiazole rings is 1. The predicted molar refractivity (Wildman–Crippen MR) is 104 cm³/mol. The summed E-state index contributed by atoms with van der Waals surface area (Å²) in [7, 11) is -0.546. The Hall–Kier alpha value is -1.88. The predicted octanol–water partition coefficient (Wildman–Crippen LogP) is 1.25. The largest absolute Gasteiger partial charge is 0.333 e. The first-order valence-corrected chi connectivity index (χ1v) is 10.9. The monoisotopic (exact) mass is 409 g/mol. The quantitative estimate of drug-likeness (QED) is 0.802. The summed E-state index contributed by atoms with van der Waals surface area (Å²) in [4.78, 5) is 23.1. The van der Waals surface area contributed by atoms with Crippen molar-refractivity contribution < 1.29 is 13.2 Å². The molecule has 0 aromatic carbocycles. The number of carbonyl (C=O) groups is 1. The average molecular weight is 410 g/mol. The number of amides is 1. The van der Waals surface area contributed by atoms with E-state index >= 15 is 0 Å². The number of fused-ring (bicyclic) bond motifs is 1. The van der Waals surface area contributed by atoms with Crippen molar-refractivity contribution >= 4 is 27.5 Å². The third-order valence-corrected chi connectivity index (χ3v) is 6.88. The van der Waals surface area contributed by atoms with Crippen LogP contribution in [0, 0.1) is 13.8 Å². The van der Waals surface area contributed by atoms with Gasteiger partial charge in [0.25, 0.3) is 16.1 Å². The molecule has 0 radical (unpaired) electrons. The SMILES string of the molecule is Cc1nc(C(=O)N2CCc3c(cnc(C)c3CNS(=O)(=O)N(C)C)C2)cs1. The highest BCUT2D eigenvalue weighted by Gasteiger charge is 2.26. The molecule has 1 aliphatic rings. The molecule has 0 bridgehead atoms. The van der Waals surface area contributed by atoms with Crippen LogP contribution >= 0.6 is 11.3 Å². The number of aryl methyl sites for hydroxylation is 2. The Bertz CT molecular complexity index is 969. The molecule has 2 aromatic heterocycles. The lowest BCUT2D eigenvalue weighted by Crippen LogP contribution is -2.38. The van der Waals surface area contributed by atoms with Crippen LogP contribution in [0.1, 0.15) is 37.9 Å². The molecule has 27 heavy (non-hydrogen) atoms. The first kappa shape index (κ1) is 19.9. The van der Waals surface area contributed by atoms with Gasteiger partial charge in [-0.1, -0.05) is 0 Å². The van der Waals surface area contributed by atoms with Crippen LogP contribution in [0.15, 0.2) is 11.6 Å². The molecule has 2 aromatic rings. The molecule has 1 aliphatic heterocycles. The van der Waals surface area contributed by atoms with E-state index in [1.807, 2.05) is 13.8 Å². The molecular weight excluding hydrogens is 386 g/mol. The third-order valence-electron chi connectivity index (χ3n) is 4.63. The minimum atomic E-state index is -3.51. The zero-order chi connectivity index (χ0) is 19.8. The summed E-state index contributed by atoms with van der Waals surface area (Å²) in [5.74, 6) is -0.0829. The summed E-state index contributed by atoms with van der Waals surface area (Å²) >= 11 is 1.46. The molecule has 3 rings (SSSR count). The van der Waals surface area contributed by atoms with E-state index in [0.717, 1.165) is 31.7 Å². The normalized spacial score (nSPS) is 14.5. The van der Waals surface area contributed by atoms with Crippen LogP contribution in [0.3, 0.4) is 0 Å². The van der Waals surface area contributed by atoms with Crippen molar-refractivity contribution in [3.05, 3.63) is 44.7 Å². The average Bonchev–Trinajstić information content (AvgIpc) is 3.06. The fourth-order valence-electron chi connectivity index (χ4n) is 3.05. The summed E-state index contributed by atoms with van der Waals surface area (Å²) in [6.45, 7) is 4.95. The molecule has 0 fully saturated rings. The zero-order valence-electron chi connectivity index (χ0n) is 15.8. The molecule has 0 atom stereocenters. The Labute approximate surface area is 163 Å². The smallest absolute Gasteiger partial charge is 0.279 e. The van der Waals surface area contributed by atoms with E-state index in [0.29, 0.717) is 25.2 Å². The van der Waals surface area contributed by atoms with Gasteiger partial charge in [0.2, 0.25) is 0 Å². The molecule has 1 N–H and O–H groups in total. The van der Waals surface area contributed by atoms with Crippen LogP contribution in [-0.4, -0.2) is 54.1 Å². The molecule has 8 nitrogen and oxygen atoms in total. The van der Waals surface area contributed by atoms with Gasteiger partial charge in [-0.15, -0.1) is 11.3 Å². The van der Waals surface area contributed by atoms with E-state index in [1.165, 1.54) is 25.4 Å². The number of pyridine rings is 1. The van der Waals surface area contributed by atoms with Gasteiger partial charge in [0.1, 0.15) is 5.69 Å². The van der Waals surface area contributed by atoms with Gasteiger partial charge in [-0.3, -0.25) is 9.78 Å². The van der Waals surface area contributed by atoms with E-state index in [1.54, 1.807) is 16.5 Å². The van der Waals surface area contributed by atoms with Gasteiger partial charge in [0, 0.05) is 51.0 Å². The first-order valence-electron chi connectivity index (χ1n) is 8.54. The third kappa shape index (κ3) is 4.18. The molecule has 0 unspecified atom stereocenters. The van der Waals surface area contributed by atoms with Gasteiger partial charge >= 0.3 is 0 Å². The van der Waals surface area contributed by atoms with Gasteiger partial charge in [0.15, 0.2) is 0 Å². The van der Waals surface area contributed by atoms with Crippen molar-refractivity contribution in [3.8, 4) is 0 Å². The highest BCUT2D eigenvalue weighted by atomic mass is 32.2. The van der Waals surface area contributed by atoms with Crippen LogP contribution < -0.4 is 4.72 Å². The lowest BCUT2D eigenvalue weighted by atomic mass is 9.95. The lowest BCUT2D eigenvalue weighted by Gasteiger charge is -2.30. The number of nitrogens with zero attached hydrogens (tertiary/aromatic N) is 4. The summed E-state index contributed by atoms with van der Waals surface area (Å²) < 4.78 is 27.8. The van der Waals surface area contributed by atoms with Crippen molar-refractivity contribution in [2.24, 2.45) is 0 Å². The highest BCUT2D eigenvalue weighted by molar-refractivity contribution is 7.87. The fraction of sp³-hybridized carbons (Fsp3) is 0.471. The zero-order valence-corrected chi connectivity index (χ0v) is 17.4. The maximum atomic E-state index is 12.7. The van der Waals surface area contributed by atoms with Gasteiger partial charge < -0.3 is 4.90 Å². The minimum absolute atomic E-state index is 0.0829. The van der Waals surface area contributed by atoms with E-state index < -0.39 is 10.2 Å². The van der Waals surface area contributed by atoms with Crippen molar-refractivity contribution in [2.45, 2.75) is 33.4 Å². The van der Waals surface area contributed by atoms with Crippen molar-refractivity contribution in [1.82, 2.24) is 23.9 Å². The molecule has 1 amide bonds. The maximum Gasteiger partial charge on any atom is 0.279 e.